The van der Waals surface area contributed by atoms with Gasteiger partial charge in [0.1, 0.15) is 0 Å². The largest absolute Gasteiger partial charge is 0.0822 e. The standard InChI is InChI=1S/C6H8S2/c1-6-4-2-3-5-7-8-6/h2-6H,1H3. The summed E-state index contributed by atoms with van der Waals surface area (Å²) in [5.74, 6) is 0. The number of hydrogen-bond donors (Lipinski definition) is 0. The van der Waals surface area contributed by atoms with Gasteiger partial charge in [0.05, 0.1) is 0 Å². The van der Waals surface area contributed by atoms with Crippen LogP contribution in [0.4, 0.5) is 0 Å². The molecule has 0 saturated carbocycles. The molecule has 0 aromatic rings. The van der Waals surface area contributed by atoms with Gasteiger partial charge in [-0.3, -0.25) is 0 Å². The van der Waals surface area contributed by atoms with Gasteiger partial charge < -0.3 is 0 Å². The smallest absolute Gasteiger partial charge is 0.0309 e. The summed E-state index contributed by atoms with van der Waals surface area (Å²) in [6.07, 6.45) is 6.36. The van der Waals surface area contributed by atoms with E-state index in [1.807, 2.05) is 10.8 Å². The highest BCUT2D eigenvalue weighted by Crippen LogP contribution is 2.29. The van der Waals surface area contributed by atoms with Crippen LogP contribution in [0.1, 0.15) is 6.92 Å². The summed E-state index contributed by atoms with van der Waals surface area (Å²) in [6.45, 7) is 2.20. The van der Waals surface area contributed by atoms with Crippen molar-refractivity contribution in [2.45, 2.75) is 12.2 Å². The molecule has 1 atom stereocenters. The number of hydrogen-bond acceptors (Lipinski definition) is 2. The fraction of sp³-hybridized carbons (Fsp3) is 0.333. The zero-order chi connectivity index (χ0) is 5.82. The van der Waals surface area contributed by atoms with Gasteiger partial charge in [-0.25, -0.2) is 0 Å². The van der Waals surface area contributed by atoms with Crippen molar-refractivity contribution in [3.63, 3.8) is 0 Å². The third-order valence-electron chi connectivity index (χ3n) is 0.835. The molecule has 1 aliphatic heterocycles. The Morgan fingerprint density at radius 2 is 2.25 bits per heavy atom. The monoisotopic (exact) mass is 144 g/mol. The maximum Gasteiger partial charge on any atom is 0.0309 e. The van der Waals surface area contributed by atoms with E-state index in [2.05, 4.69) is 30.6 Å². The highest BCUT2D eigenvalue weighted by Gasteiger charge is 1.96. The zero-order valence-electron chi connectivity index (χ0n) is 4.70. The van der Waals surface area contributed by atoms with Gasteiger partial charge in [-0.2, -0.15) is 0 Å². The molecule has 0 fully saturated rings. The van der Waals surface area contributed by atoms with Crippen LogP contribution >= 0.6 is 21.6 Å². The van der Waals surface area contributed by atoms with Crippen molar-refractivity contribution in [2.24, 2.45) is 0 Å². The Balaban J connectivity index is 2.46. The van der Waals surface area contributed by atoms with Gasteiger partial charge in [0.25, 0.3) is 0 Å². The Bertz CT molecular complexity index is 116. The van der Waals surface area contributed by atoms with Gasteiger partial charge in [-0.05, 0) is 12.3 Å². The maximum atomic E-state index is 2.20. The van der Waals surface area contributed by atoms with E-state index < -0.39 is 0 Å². The molecule has 0 aromatic carbocycles. The summed E-state index contributed by atoms with van der Waals surface area (Å²) < 4.78 is 0. The van der Waals surface area contributed by atoms with Crippen molar-refractivity contribution in [3.05, 3.63) is 23.6 Å². The minimum absolute atomic E-state index is 0.662. The Morgan fingerprint density at radius 1 is 1.38 bits per heavy atom. The van der Waals surface area contributed by atoms with Gasteiger partial charge in [0, 0.05) is 5.25 Å². The lowest BCUT2D eigenvalue weighted by Gasteiger charge is -1.96. The Morgan fingerprint density at radius 3 is 3.12 bits per heavy atom. The number of allylic oxidation sites excluding steroid dienone is 2. The molecule has 0 radical (unpaired) electrons. The molecule has 1 unspecified atom stereocenters. The van der Waals surface area contributed by atoms with Crippen molar-refractivity contribution in [2.75, 3.05) is 0 Å². The SMILES string of the molecule is CC1C=CC=CSS1. The highest BCUT2D eigenvalue weighted by atomic mass is 33.1. The second-order valence-corrected chi connectivity index (χ2v) is 4.17. The zero-order valence-corrected chi connectivity index (χ0v) is 6.34. The summed E-state index contributed by atoms with van der Waals surface area (Å²) in [6, 6.07) is 0. The summed E-state index contributed by atoms with van der Waals surface area (Å²) in [7, 11) is 3.68. The molecule has 0 aromatic heterocycles. The van der Waals surface area contributed by atoms with Crippen LogP contribution in [0.3, 0.4) is 0 Å². The summed E-state index contributed by atoms with van der Waals surface area (Å²) in [5, 5.41) is 2.76. The van der Waals surface area contributed by atoms with Gasteiger partial charge >= 0.3 is 0 Å². The molecular formula is C6H8S2. The lowest BCUT2D eigenvalue weighted by molar-refractivity contribution is 1.26. The molecule has 44 valence electrons. The van der Waals surface area contributed by atoms with E-state index in [1.165, 1.54) is 0 Å². The summed E-state index contributed by atoms with van der Waals surface area (Å²) in [4.78, 5) is 0. The van der Waals surface area contributed by atoms with E-state index in [9.17, 15) is 0 Å². The molecule has 1 rings (SSSR count). The molecule has 0 aliphatic carbocycles. The molecule has 0 nitrogen and oxygen atoms in total. The predicted molar refractivity (Wildman–Crippen MR) is 42.9 cm³/mol. The quantitative estimate of drug-likeness (QED) is 0.479. The molecular weight excluding hydrogens is 136 g/mol. The van der Waals surface area contributed by atoms with Crippen LogP contribution in [0.2, 0.25) is 0 Å². The van der Waals surface area contributed by atoms with Crippen LogP contribution < -0.4 is 0 Å². The van der Waals surface area contributed by atoms with Crippen molar-refractivity contribution in [1.82, 2.24) is 0 Å². The van der Waals surface area contributed by atoms with Crippen LogP contribution in [-0.4, -0.2) is 5.25 Å². The van der Waals surface area contributed by atoms with Crippen molar-refractivity contribution < 1.29 is 0 Å². The van der Waals surface area contributed by atoms with Gasteiger partial charge in [0.2, 0.25) is 0 Å². The highest BCUT2D eigenvalue weighted by molar-refractivity contribution is 8.78. The van der Waals surface area contributed by atoms with Crippen LogP contribution in [0.25, 0.3) is 0 Å². The molecule has 1 heterocycles. The summed E-state index contributed by atoms with van der Waals surface area (Å²) in [5.41, 5.74) is 0. The topological polar surface area (TPSA) is 0 Å². The molecule has 8 heavy (non-hydrogen) atoms. The molecule has 0 N–H and O–H groups in total. The first kappa shape index (κ1) is 6.30. The fourth-order valence-corrected chi connectivity index (χ4v) is 2.10. The molecule has 0 amide bonds. The van der Waals surface area contributed by atoms with Gasteiger partial charge in [0.15, 0.2) is 0 Å². The van der Waals surface area contributed by atoms with Crippen molar-refractivity contribution in [1.29, 1.82) is 0 Å². The molecule has 0 spiro atoms. The second-order valence-electron chi connectivity index (χ2n) is 1.61. The minimum Gasteiger partial charge on any atom is -0.0822 e. The van der Waals surface area contributed by atoms with E-state index in [4.69, 9.17) is 0 Å². The van der Waals surface area contributed by atoms with E-state index >= 15 is 0 Å². The van der Waals surface area contributed by atoms with E-state index in [0.29, 0.717) is 5.25 Å². The lowest BCUT2D eigenvalue weighted by Crippen LogP contribution is -1.82. The average Bonchev–Trinajstić information content (AvgIpc) is 1.94. The first-order chi connectivity index (χ1) is 3.89. The third kappa shape index (κ3) is 1.97. The number of rotatable bonds is 0. The van der Waals surface area contributed by atoms with Crippen molar-refractivity contribution in [3.8, 4) is 0 Å². The fourth-order valence-electron chi connectivity index (χ4n) is 0.450. The lowest BCUT2D eigenvalue weighted by atomic mass is 10.4. The molecule has 0 saturated heterocycles. The van der Waals surface area contributed by atoms with E-state index in [-0.39, 0.29) is 0 Å². The molecule has 1 aliphatic rings. The normalized spacial score (nSPS) is 27.9. The average molecular weight is 144 g/mol. The van der Waals surface area contributed by atoms with Crippen molar-refractivity contribution >= 4 is 21.6 Å². The Hall–Kier alpha value is 0.180. The van der Waals surface area contributed by atoms with Gasteiger partial charge in [-0.15, -0.1) is 0 Å². The van der Waals surface area contributed by atoms with Crippen LogP contribution in [0, 0.1) is 0 Å². The first-order valence-electron chi connectivity index (χ1n) is 2.55. The van der Waals surface area contributed by atoms with Crippen LogP contribution in [0.15, 0.2) is 23.6 Å². The Labute approximate surface area is 57.8 Å². The minimum atomic E-state index is 0.662. The first-order valence-corrected chi connectivity index (χ1v) is 4.82. The maximum absolute atomic E-state index is 2.20. The molecule has 2 heteroatoms. The van der Waals surface area contributed by atoms with Crippen LogP contribution in [-0.2, 0) is 0 Å². The van der Waals surface area contributed by atoms with E-state index in [0.717, 1.165) is 0 Å². The van der Waals surface area contributed by atoms with E-state index in [1.54, 1.807) is 10.8 Å². The Kier molecular flexibility index (Phi) is 2.56. The predicted octanol–water partition coefficient (Wildman–Crippen LogP) is 2.84. The third-order valence-corrected chi connectivity index (χ3v) is 3.25. The van der Waals surface area contributed by atoms with Gasteiger partial charge in [-0.1, -0.05) is 39.8 Å². The van der Waals surface area contributed by atoms with Crippen LogP contribution in [0.5, 0.6) is 0 Å². The summed E-state index contributed by atoms with van der Waals surface area (Å²) >= 11 is 0. The molecule has 0 bridgehead atoms. The second kappa shape index (κ2) is 3.25.